The molecule has 0 aliphatic rings. The molecule has 0 saturated heterocycles. The van der Waals surface area contributed by atoms with Crippen molar-refractivity contribution in [3.8, 4) is 39.1 Å². The molecule has 11 aromatic rings. The van der Waals surface area contributed by atoms with Crippen LogP contribution in [0.3, 0.4) is 0 Å². The van der Waals surface area contributed by atoms with Gasteiger partial charge in [0.05, 0.1) is 11.0 Å². The van der Waals surface area contributed by atoms with Crippen LogP contribution in [0.1, 0.15) is 0 Å². The van der Waals surface area contributed by atoms with E-state index in [1.807, 2.05) is 6.07 Å². The van der Waals surface area contributed by atoms with E-state index < -0.39 is 0 Å². The number of benzene rings is 9. The fraction of sp³-hybridized carbons (Fsp3) is 0. The summed E-state index contributed by atoms with van der Waals surface area (Å²) in [6.07, 6.45) is 0. The number of fused-ring (bicyclic) bond motifs is 6. The van der Waals surface area contributed by atoms with Gasteiger partial charge in [-0.3, -0.25) is 0 Å². The van der Waals surface area contributed by atoms with E-state index in [2.05, 4.69) is 222 Å². The van der Waals surface area contributed by atoms with Gasteiger partial charge in [-0.05, 0) is 107 Å². The van der Waals surface area contributed by atoms with Gasteiger partial charge in [-0.2, -0.15) is 0 Å². The molecule has 0 aliphatic heterocycles. The summed E-state index contributed by atoms with van der Waals surface area (Å²) in [6, 6.07) is 78.1. The number of hydrogen-bond donors (Lipinski definition) is 0. The highest BCUT2D eigenvalue weighted by Crippen LogP contribution is 2.44. The Bertz CT molecular complexity index is 3190. The average molecular weight is 729 g/mol. The van der Waals surface area contributed by atoms with Gasteiger partial charge in [-0.25, -0.2) is 0 Å². The molecule has 0 bridgehead atoms. The summed E-state index contributed by atoms with van der Waals surface area (Å²) in [4.78, 5) is 2.32. The Labute approximate surface area is 330 Å². The lowest BCUT2D eigenvalue weighted by Gasteiger charge is -2.26. The summed E-state index contributed by atoms with van der Waals surface area (Å²) in [5.41, 5.74) is 15.4. The van der Waals surface area contributed by atoms with Crippen LogP contribution in [-0.4, -0.2) is 4.57 Å². The number of anilines is 3. The van der Waals surface area contributed by atoms with Crippen molar-refractivity contribution in [1.82, 2.24) is 4.57 Å². The molecule has 0 unspecified atom stereocenters. The van der Waals surface area contributed by atoms with E-state index in [1.165, 1.54) is 21.8 Å². The minimum atomic E-state index is 0.890. The van der Waals surface area contributed by atoms with Crippen molar-refractivity contribution in [3.63, 3.8) is 0 Å². The van der Waals surface area contributed by atoms with Gasteiger partial charge in [0.25, 0.3) is 0 Å². The molecule has 0 atom stereocenters. The summed E-state index contributed by atoms with van der Waals surface area (Å²) in [7, 11) is 0. The van der Waals surface area contributed by atoms with Crippen molar-refractivity contribution in [2.24, 2.45) is 0 Å². The Hall–Kier alpha value is -7.62. The van der Waals surface area contributed by atoms with Crippen molar-refractivity contribution in [3.05, 3.63) is 218 Å². The predicted octanol–water partition coefficient (Wildman–Crippen LogP) is 15.2. The van der Waals surface area contributed by atoms with Crippen LogP contribution in [0.25, 0.3) is 82.8 Å². The van der Waals surface area contributed by atoms with Gasteiger partial charge in [0.1, 0.15) is 11.2 Å². The van der Waals surface area contributed by atoms with Crippen LogP contribution in [0.4, 0.5) is 17.1 Å². The van der Waals surface area contributed by atoms with E-state index in [-0.39, 0.29) is 0 Å². The second-order valence-corrected chi connectivity index (χ2v) is 14.5. The molecule has 3 heteroatoms. The van der Waals surface area contributed by atoms with Crippen LogP contribution in [0.15, 0.2) is 223 Å². The summed E-state index contributed by atoms with van der Waals surface area (Å²) >= 11 is 0. The number of furan rings is 1. The van der Waals surface area contributed by atoms with E-state index in [9.17, 15) is 0 Å². The quantitative estimate of drug-likeness (QED) is 0.163. The SMILES string of the molecule is c1ccc(N(c2ccccc2)c2cccc(-c3ccc(-c4ccc5c(c4)c4ccccc4n5-c4ccccc4)cc3-c3cccc4c3oc3ccccc34)c2)cc1. The second-order valence-electron chi connectivity index (χ2n) is 14.5. The number of para-hydroxylation sites is 6. The smallest absolute Gasteiger partial charge is 0.143 e. The van der Waals surface area contributed by atoms with Crippen molar-refractivity contribution in [1.29, 1.82) is 0 Å². The molecule has 2 heterocycles. The van der Waals surface area contributed by atoms with Gasteiger partial charge < -0.3 is 13.9 Å². The first-order chi connectivity index (χ1) is 28.3. The third kappa shape index (κ3) is 5.60. The van der Waals surface area contributed by atoms with E-state index in [4.69, 9.17) is 4.42 Å². The Balaban J connectivity index is 1.12. The molecule has 0 saturated carbocycles. The fourth-order valence-electron chi connectivity index (χ4n) is 8.58. The van der Waals surface area contributed by atoms with Crippen LogP contribution in [-0.2, 0) is 0 Å². The lowest BCUT2D eigenvalue weighted by atomic mass is 9.89. The van der Waals surface area contributed by atoms with Crippen LogP contribution in [0, 0.1) is 0 Å². The average Bonchev–Trinajstić information content (AvgIpc) is 3.83. The number of hydrogen-bond acceptors (Lipinski definition) is 2. The molecule has 0 N–H and O–H groups in total. The summed E-state index contributed by atoms with van der Waals surface area (Å²) in [5, 5.41) is 4.70. The fourth-order valence-corrected chi connectivity index (χ4v) is 8.58. The molecular weight excluding hydrogens is 693 g/mol. The summed E-state index contributed by atoms with van der Waals surface area (Å²) < 4.78 is 9.06. The van der Waals surface area contributed by atoms with E-state index >= 15 is 0 Å². The summed E-state index contributed by atoms with van der Waals surface area (Å²) in [6.45, 7) is 0. The maximum Gasteiger partial charge on any atom is 0.143 e. The third-order valence-electron chi connectivity index (χ3n) is 11.2. The first kappa shape index (κ1) is 32.8. The third-order valence-corrected chi connectivity index (χ3v) is 11.2. The highest BCUT2D eigenvalue weighted by molar-refractivity contribution is 6.12. The van der Waals surface area contributed by atoms with Crippen molar-refractivity contribution >= 4 is 60.8 Å². The minimum absolute atomic E-state index is 0.890. The maximum absolute atomic E-state index is 6.69. The lowest BCUT2D eigenvalue weighted by Crippen LogP contribution is -2.09. The normalized spacial score (nSPS) is 11.5. The van der Waals surface area contributed by atoms with Crippen molar-refractivity contribution in [2.45, 2.75) is 0 Å². The number of rotatable bonds is 7. The van der Waals surface area contributed by atoms with Crippen LogP contribution in [0.2, 0.25) is 0 Å². The van der Waals surface area contributed by atoms with Gasteiger partial charge >= 0.3 is 0 Å². The van der Waals surface area contributed by atoms with E-state index in [1.54, 1.807) is 0 Å². The highest BCUT2D eigenvalue weighted by Gasteiger charge is 2.20. The molecule has 9 aromatic carbocycles. The zero-order valence-electron chi connectivity index (χ0n) is 31.1. The molecule has 0 amide bonds. The van der Waals surface area contributed by atoms with E-state index in [0.717, 1.165) is 78.1 Å². The zero-order valence-corrected chi connectivity index (χ0v) is 31.1. The Morgan fingerprint density at radius 3 is 1.72 bits per heavy atom. The van der Waals surface area contributed by atoms with Crippen molar-refractivity contribution < 1.29 is 4.42 Å². The largest absolute Gasteiger partial charge is 0.455 e. The first-order valence-electron chi connectivity index (χ1n) is 19.4. The number of nitrogens with zero attached hydrogens (tertiary/aromatic N) is 2. The minimum Gasteiger partial charge on any atom is -0.455 e. The molecule has 268 valence electrons. The molecule has 0 aliphatic carbocycles. The topological polar surface area (TPSA) is 21.3 Å². The van der Waals surface area contributed by atoms with Gasteiger partial charge in [0, 0.05) is 49.9 Å². The monoisotopic (exact) mass is 728 g/mol. The molecule has 0 fully saturated rings. The van der Waals surface area contributed by atoms with Gasteiger partial charge in [-0.1, -0.05) is 140 Å². The molecular formula is C54H36N2O. The Kier molecular flexibility index (Phi) is 7.82. The Morgan fingerprint density at radius 1 is 0.333 bits per heavy atom. The van der Waals surface area contributed by atoms with Gasteiger partial charge in [-0.15, -0.1) is 0 Å². The summed E-state index contributed by atoms with van der Waals surface area (Å²) in [5.74, 6) is 0. The lowest BCUT2D eigenvalue weighted by molar-refractivity contribution is 0.670. The van der Waals surface area contributed by atoms with Crippen LogP contribution in [0.5, 0.6) is 0 Å². The van der Waals surface area contributed by atoms with Crippen LogP contribution < -0.4 is 4.90 Å². The molecule has 57 heavy (non-hydrogen) atoms. The zero-order chi connectivity index (χ0) is 37.7. The predicted molar refractivity (Wildman–Crippen MR) is 239 cm³/mol. The highest BCUT2D eigenvalue weighted by atomic mass is 16.3. The van der Waals surface area contributed by atoms with Gasteiger partial charge in [0.15, 0.2) is 0 Å². The first-order valence-corrected chi connectivity index (χ1v) is 19.4. The molecule has 11 rings (SSSR count). The number of aromatic nitrogens is 1. The maximum atomic E-state index is 6.69. The van der Waals surface area contributed by atoms with Crippen LogP contribution >= 0.6 is 0 Å². The molecule has 3 nitrogen and oxygen atoms in total. The second kappa shape index (κ2) is 13.6. The molecule has 2 aromatic heterocycles. The van der Waals surface area contributed by atoms with Gasteiger partial charge in [0.2, 0.25) is 0 Å². The molecule has 0 radical (unpaired) electrons. The Morgan fingerprint density at radius 2 is 0.930 bits per heavy atom. The standard InChI is InChI=1S/C54H36N2O/c1-4-17-40(18-5-1)55(41-19-6-2-7-20-41)43-23-14-16-39(34-43)44-32-30-37(35-49(44)48-27-15-26-47-46-25-11-13-29-53(46)57-54(47)48)38-31-33-52-50(36-38)45-24-10-12-28-51(45)56(52)42-21-8-3-9-22-42/h1-36H. The van der Waals surface area contributed by atoms with Crippen molar-refractivity contribution in [2.75, 3.05) is 4.90 Å². The van der Waals surface area contributed by atoms with E-state index in [0.29, 0.717) is 0 Å². The molecule has 0 spiro atoms.